The van der Waals surface area contributed by atoms with E-state index in [1.165, 1.54) is 4.88 Å². The first-order valence-electron chi connectivity index (χ1n) is 8.40. The van der Waals surface area contributed by atoms with Crippen molar-refractivity contribution in [1.29, 1.82) is 0 Å². The van der Waals surface area contributed by atoms with Gasteiger partial charge in [-0.25, -0.2) is 0 Å². The second kappa shape index (κ2) is 12.1. The summed E-state index contributed by atoms with van der Waals surface area (Å²) in [5, 5.41) is 8.90. The van der Waals surface area contributed by atoms with Crippen LogP contribution in [0.3, 0.4) is 0 Å². The van der Waals surface area contributed by atoms with Crippen molar-refractivity contribution in [1.82, 2.24) is 10.6 Å². The lowest BCUT2D eigenvalue weighted by molar-refractivity contribution is 0.336. The Morgan fingerprint density at radius 1 is 1.20 bits per heavy atom. The maximum Gasteiger partial charge on any atom is 0.191 e. The molecule has 0 aliphatic carbocycles. The lowest BCUT2D eigenvalue weighted by Gasteiger charge is -2.16. The monoisotopic (exact) mass is 473 g/mol. The van der Waals surface area contributed by atoms with Crippen LogP contribution in [0, 0.1) is 5.92 Å². The van der Waals surface area contributed by atoms with Crippen LogP contribution in [0.2, 0.25) is 0 Å². The van der Waals surface area contributed by atoms with Gasteiger partial charge < -0.3 is 15.4 Å². The van der Waals surface area contributed by atoms with Gasteiger partial charge in [-0.1, -0.05) is 31.2 Å². The number of guanidine groups is 1. The molecule has 0 spiro atoms. The van der Waals surface area contributed by atoms with Gasteiger partial charge in [0.05, 0.1) is 6.61 Å². The van der Waals surface area contributed by atoms with Crippen LogP contribution in [0.5, 0.6) is 5.75 Å². The van der Waals surface area contributed by atoms with E-state index in [4.69, 9.17) is 4.74 Å². The number of benzene rings is 1. The van der Waals surface area contributed by atoms with Gasteiger partial charge in [-0.3, -0.25) is 4.99 Å². The van der Waals surface area contributed by atoms with Gasteiger partial charge in [0.2, 0.25) is 0 Å². The summed E-state index contributed by atoms with van der Waals surface area (Å²) in [5.41, 5.74) is 1.13. The minimum Gasteiger partial charge on any atom is -0.494 e. The molecule has 1 aromatic heterocycles. The van der Waals surface area contributed by atoms with E-state index >= 15 is 0 Å². The molecular formula is C19H28IN3OS. The molecule has 0 radical (unpaired) electrons. The summed E-state index contributed by atoms with van der Waals surface area (Å²) in [6.45, 7) is 6.51. The first-order valence-corrected chi connectivity index (χ1v) is 9.28. The van der Waals surface area contributed by atoms with Crippen molar-refractivity contribution in [3.63, 3.8) is 0 Å². The van der Waals surface area contributed by atoms with Crippen LogP contribution in [-0.4, -0.2) is 26.2 Å². The summed E-state index contributed by atoms with van der Waals surface area (Å²) < 4.78 is 5.66. The second-order valence-electron chi connectivity index (χ2n) is 5.74. The minimum absolute atomic E-state index is 0. The van der Waals surface area contributed by atoms with Crippen LogP contribution in [0.4, 0.5) is 0 Å². The third-order valence-corrected chi connectivity index (χ3v) is 4.59. The van der Waals surface area contributed by atoms with Gasteiger partial charge >= 0.3 is 0 Å². The van der Waals surface area contributed by atoms with E-state index in [2.05, 4.69) is 46.1 Å². The fourth-order valence-corrected chi connectivity index (χ4v) is 3.33. The van der Waals surface area contributed by atoms with E-state index < -0.39 is 0 Å². The quantitative estimate of drug-likeness (QED) is 0.341. The zero-order valence-corrected chi connectivity index (χ0v) is 18.3. The average Bonchev–Trinajstić information content (AvgIpc) is 3.09. The standard InChI is InChI=1S/C19H27N3OS.HI/c1-4-23-18-10-6-5-8-16(18)14-22-19(20-3)21-13-15(2)12-17-9-7-11-24-17;/h5-11,15H,4,12-14H2,1-3H3,(H2,20,21,22);1H. The third kappa shape index (κ3) is 7.64. The van der Waals surface area contributed by atoms with Crippen molar-refractivity contribution >= 4 is 41.3 Å². The van der Waals surface area contributed by atoms with E-state index in [9.17, 15) is 0 Å². The Morgan fingerprint density at radius 3 is 2.68 bits per heavy atom. The molecule has 1 unspecified atom stereocenters. The summed E-state index contributed by atoms with van der Waals surface area (Å²) >= 11 is 1.82. The number of ether oxygens (including phenoxy) is 1. The molecule has 1 heterocycles. The number of rotatable bonds is 8. The molecule has 0 amide bonds. The normalized spacial score (nSPS) is 12.2. The number of hydrogen-bond donors (Lipinski definition) is 2. The highest BCUT2D eigenvalue weighted by atomic mass is 127. The van der Waals surface area contributed by atoms with E-state index in [0.29, 0.717) is 19.1 Å². The molecule has 4 nitrogen and oxygen atoms in total. The minimum atomic E-state index is 0. The summed E-state index contributed by atoms with van der Waals surface area (Å²) in [7, 11) is 1.80. The van der Waals surface area contributed by atoms with Gasteiger partial charge in [0.1, 0.15) is 5.75 Å². The Balaban J connectivity index is 0.00000312. The number of thiophene rings is 1. The first kappa shape index (κ1) is 21.8. The molecule has 138 valence electrons. The number of halogens is 1. The lowest BCUT2D eigenvalue weighted by Crippen LogP contribution is -2.39. The first-order chi connectivity index (χ1) is 11.7. The van der Waals surface area contributed by atoms with Crippen LogP contribution in [0.1, 0.15) is 24.3 Å². The molecule has 0 bridgehead atoms. The van der Waals surface area contributed by atoms with Gasteiger partial charge in [-0.2, -0.15) is 0 Å². The predicted molar refractivity (Wildman–Crippen MR) is 118 cm³/mol. The Labute approximate surface area is 172 Å². The number of aliphatic imine (C=N–C) groups is 1. The van der Waals surface area contributed by atoms with E-state index in [1.54, 1.807) is 7.05 Å². The summed E-state index contributed by atoms with van der Waals surface area (Å²) in [6.07, 6.45) is 1.09. The van der Waals surface area contributed by atoms with Gasteiger partial charge in [-0.15, -0.1) is 35.3 Å². The van der Waals surface area contributed by atoms with Gasteiger partial charge in [0.15, 0.2) is 5.96 Å². The van der Waals surface area contributed by atoms with Crippen LogP contribution in [-0.2, 0) is 13.0 Å². The molecule has 25 heavy (non-hydrogen) atoms. The fourth-order valence-electron chi connectivity index (χ4n) is 2.46. The Morgan fingerprint density at radius 2 is 2.00 bits per heavy atom. The molecule has 0 saturated carbocycles. The molecule has 2 aromatic rings. The van der Waals surface area contributed by atoms with Crippen LogP contribution >= 0.6 is 35.3 Å². The highest BCUT2D eigenvalue weighted by Gasteiger charge is 2.07. The maximum absolute atomic E-state index is 5.66. The molecule has 2 rings (SSSR count). The summed E-state index contributed by atoms with van der Waals surface area (Å²) in [4.78, 5) is 5.73. The Bertz CT molecular complexity index is 631. The van der Waals surface area contributed by atoms with Crippen molar-refractivity contribution in [3.8, 4) is 5.75 Å². The molecule has 0 aliphatic rings. The highest BCUT2D eigenvalue weighted by molar-refractivity contribution is 14.0. The second-order valence-corrected chi connectivity index (χ2v) is 6.77. The van der Waals surface area contributed by atoms with Crippen molar-refractivity contribution in [2.75, 3.05) is 20.2 Å². The maximum atomic E-state index is 5.66. The van der Waals surface area contributed by atoms with Crippen LogP contribution in [0.15, 0.2) is 46.8 Å². The zero-order chi connectivity index (χ0) is 17.2. The molecule has 1 atom stereocenters. The number of para-hydroxylation sites is 1. The topological polar surface area (TPSA) is 45.6 Å². The van der Waals surface area contributed by atoms with Gasteiger partial charge in [-0.05, 0) is 36.8 Å². The van der Waals surface area contributed by atoms with E-state index in [0.717, 1.165) is 30.2 Å². The lowest BCUT2D eigenvalue weighted by atomic mass is 10.1. The largest absolute Gasteiger partial charge is 0.494 e. The molecular weight excluding hydrogens is 445 g/mol. The fraction of sp³-hybridized carbons (Fsp3) is 0.421. The predicted octanol–water partition coefficient (Wildman–Crippen LogP) is 4.31. The van der Waals surface area contributed by atoms with Crippen molar-refractivity contribution in [2.45, 2.75) is 26.8 Å². The molecule has 0 aliphatic heterocycles. The van der Waals surface area contributed by atoms with Crippen LogP contribution < -0.4 is 15.4 Å². The number of hydrogen-bond acceptors (Lipinski definition) is 3. The van der Waals surface area contributed by atoms with Crippen molar-refractivity contribution in [2.24, 2.45) is 10.9 Å². The van der Waals surface area contributed by atoms with Crippen molar-refractivity contribution in [3.05, 3.63) is 52.2 Å². The summed E-state index contributed by atoms with van der Waals surface area (Å²) in [5.74, 6) is 2.30. The number of nitrogens with zero attached hydrogens (tertiary/aromatic N) is 1. The third-order valence-electron chi connectivity index (χ3n) is 3.69. The number of nitrogens with one attached hydrogen (secondary N) is 2. The van der Waals surface area contributed by atoms with Crippen molar-refractivity contribution < 1.29 is 4.74 Å². The van der Waals surface area contributed by atoms with E-state index in [1.807, 2.05) is 36.5 Å². The molecule has 1 aromatic carbocycles. The Hall–Kier alpha value is -1.28. The highest BCUT2D eigenvalue weighted by Crippen LogP contribution is 2.17. The molecule has 2 N–H and O–H groups in total. The van der Waals surface area contributed by atoms with E-state index in [-0.39, 0.29) is 24.0 Å². The Kier molecular flexibility index (Phi) is 10.6. The van der Waals surface area contributed by atoms with Gasteiger partial charge in [0.25, 0.3) is 0 Å². The van der Waals surface area contributed by atoms with Gasteiger partial charge in [0, 0.05) is 30.6 Å². The SMILES string of the molecule is CCOc1ccccc1CNC(=NC)NCC(C)Cc1cccs1.I. The molecule has 0 saturated heterocycles. The average molecular weight is 473 g/mol. The molecule has 6 heteroatoms. The van der Waals surface area contributed by atoms with Crippen LogP contribution in [0.25, 0.3) is 0 Å². The smallest absolute Gasteiger partial charge is 0.191 e. The molecule has 0 fully saturated rings. The summed E-state index contributed by atoms with van der Waals surface area (Å²) in [6, 6.07) is 12.4. The zero-order valence-electron chi connectivity index (χ0n) is 15.1.